The molecule has 1 aliphatic rings. The number of para-hydroxylation sites is 1. The molecule has 0 aromatic heterocycles. The second-order valence-corrected chi connectivity index (χ2v) is 8.86. The van der Waals surface area contributed by atoms with Crippen LogP contribution in [-0.2, 0) is 16.6 Å². The van der Waals surface area contributed by atoms with Crippen LogP contribution in [0.2, 0.25) is 10.0 Å². The first-order valence-corrected chi connectivity index (χ1v) is 11.0. The Morgan fingerprint density at radius 3 is 2.60 bits per heavy atom. The summed E-state index contributed by atoms with van der Waals surface area (Å²) in [5.74, 6) is 0.832. The van der Waals surface area contributed by atoms with E-state index in [9.17, 15) is 8.42 Å². The van der Waals surface area contributed by atoms with Gasteiger partial charge in [0.25, 0.3) is 10.0 Å². The van der Waals surface area contributed by atoms with Gasteiger partial charge in [-0.15, -0.1) is 4.40 Å². The molecule has 1 aliphatic heterocycles. The normalized spacial score (nSPS) is 14.3. The first kappa shape index (κ1) is 20.5. The molecule has 0 bridgehead atoms. The molecule has 30 heavy (non-hydrogen) atoms. The molecule has 154 valence electrons. The third-order valence-corrected chi connectivity index (χ3v) is 6.26. The van der Waals surface area contributed by atoms with Gasteiger partial charge in [0.1, 0.15) is 11.5 Å². The fourth-order valence-corrected chi connectivity index (χ4v) is 4.63. The Hall–Kier alpha value is -2.74. The number of rotatable bonds is 5. The molecule has 0 spiro atoms. The van der Waals surface area contributed by atoms with Crippen LogP contribution < -0.4 is 14.8 Å². The smallest absolute Gasteiger partial charge is 0.286 e. The fraction of sp³-hybridized carbons (Fsp3) is 0.0952. The molecule has 0 saturated carbocycles. The van der Waals surface area contributed by atoms with Crippen LogP contribution in [0.5, 0.6) is 11.5 Å². The molecule has 0 radical (unpaired) electrons. The van der Waals surface area contributed by atoms with E-state index in [-0.39, 0.29) is 22.4 Å². The van der Waals surface area contributed by atoms with Gasteiger partial charge in [0.05, 0.1) is 17.8 Å². The van der Waals surface area contributed by atoms with Crippen molar-refractivity contribution >= 4 is 44.7 Å². The third-order valence-electron chi connectivity index (χ3n) is 4.40. The number of hydrogen-bond acceptors (Lipinski definition) is 5. The Kier molecular flexibility index (Phi) is 5.60. The number of nitrogens with one attached hydrogen (secondary N) is 1. The SMILES string of the molecule is COc1cc(C2=NS(=O)(=O)c3ccccc3N2)cc(Cl)c1OCc1cccc(Cl)c1. The molecule has 4 rings (SSSR count). The number of anilines is 1. The number of ether oxygens (including phenoxy) is 2. The van der Waals surface area contributed by atoms with Crippen molar-refractivity contribution in [1.82, 2.24) is 0 Å². The van der Waals surface area contributed by atoms with E-state index in [0.717, 1.165) is 5.56 Å². The molecular formula is C21H16Cl2N2O4S. The Bertz CT molecular complexity index is 1260. The topological polar surface area (TPSA) is 77.0 Å². The molecule has 6 nitrogen and oxygen atoms in total. The fourth-order valence-electron chi connectivity index (χ4n) is 3.02. The average molecular weight is 463 g/mol. The summed E-state index contributed by atoms with van der Waals surface area (Å²) in [5, 5.41) is 3.89. The molecule has 0 atom stereocenters. The average Bonchev–Trinajstić information content (AvgIpc) is 2.72. The van der Waals surface area contributed by atoms with Gasteiger partial charge < -0.3 is 14.8 Å². The molecule has 3 aromatic rings. The summed E-state index contributed by atoms with van der Waals surface area (Å²) in [4.78, 5) is 0.119. The zero-order valence-electron chi connectivity index (χ0n) is 15.7. The van der Waals surface area contributed by atoms with Crippen LogP contribution in [0, 0.1) is 0 Å². The molecule has 1 heterocycles. The third kappa shape index (κ3) is 4.09. The summed E-state index contributed by atoms with van der Waals surface area (Å²) >= 11 is 12.4. The van der Waals surface area contributed by atoms with Gasteiger partial charge in [-0.1, -0.05) is 47.5 Å². The minimum Gasteiger partial charge on any atom is -0.493 e. The van der Waals surface area contributed by atoms with Crippen LogP contribution in [0.3, 0.4) is 0 Å². The van der Waals surface area contributed by atoms with Gasteiger partial charge in [-0.25, -0.2) is 0 Å². The zero-order chi connectivity index (χ0) is 21.3. The summed E-state index contributed by atoms with van der Waals surface area (Å²) in [6, 6.07) is 17.0. The number of halogens is 2. The number of benzene rings is 3. The van der Waals surface area contributed by atoms with E-state index in [4.69, 9.17) is 32.7 Å². The largest absolute Gasteiger partial charge is 0.493 e. The van der Waals surface area contributed by atoms with Crippen LogP contribution in [0.25, 0.3) is 0 Å². The summed E-state index contributed by atoms with van der Waals surface area (Å²) in [6.07, 6.45) is 0. The Labute approximate surface area is 184 Å². The molecule has 0 saturated heterocycles. The highest BCUT2D eigenvalue weighted by Crippen LogP contribution is 2.38. The van der Waals surface area contributed by atoms with Gasteiger partial charge in [-0.2, -0.15) is 8.42 Å². The molecule has 0 aliphatic carbocycles. The van der Waals surface area contributed by atoms with E-state index < -0.39 is 10.0 Å². The second-order valence-electron chi connectivity index (χ2n) is 6.44. The molecule has 0 unspecified atom stereocenters. The Morgan fingerprint density at radius 1 is 1.03 bits per heavy atom. The lowest BCUT2D eigenvalue weighted by molar-refractivity contribution is 0.284. The number of nitrogens with zero attached hydrogens (tertiary/aromatic N) is 1. The number of fused-ring (bicyclic) bond motifs is 1. The summed E-state index contributed by atoms with van der Waals surface area (Å²) in [6.45, 7) is 0.233. The maximum absolute atomic E-state index is 12.5. The lowest BCUT2D eigenvalue weighted by Crippen LogP contribution is -2.22. The van der Waals surface area contributed by atoms with Gasteiger partial charge in [-0.05, 0) is 42.0 Å². The van der Waals surface area contributed by atoms with Crippen LogP contribution >= 0.6 is 23.2 Å². The van der Waals surface area contributed by atoms with E-state index in [0.29, 0.717) is 27.8 Å². The summed E-state index contributed by atoms with van der Waals surface area (Å²) in [7, 11) is -2.36. The van der Waals surface area contributed by atoms with Gasteiger partial charge in [0.2, 0.25) is 0 Å². The van der Waals surface area contributed by atoms with Crippen molar-refractivity contribution in [3.8, 4) is 11.5 Å². The van der Waals surface area contributed by atoms with Crippen molar-refractivity contribution in [2.75, 3.05) is 12.4 Å². The van der Waals surface area contributed by atoms with Crippen LogP contribution in [-0.4, -0.2) is 21.4 Å². The Morgan fingerprint density at radius 2 is 1.83 bits per heavy atom. The minimum absolute atomic E-state index is 0.119. The molecular weight excluding hydrogens is 447 g/mol. The maximum Gasteiger partial charge on any atom is 0.286 e. The molecule has 0 amide bonds. The standard InChI is InChI=1S/C21H16Cl2N2O4S/c1-28-18-11-14(21-24-17-7-2-3-8-19(17)30(26,27)25-21)10-16(23)20(18)29-12-13-5-4-6-15(22)9-13/h2-11H,12H2,1H3,(H,24,25). The van der Waals surface area contributed by atoms with Gasteiger partial charge in [0.15, 0.2) is 17.3 Å². The maximum atomic E-state index is 12.5. The minimum atomic E-state index is -3.83. The number of sulfonamides is 1. The second kappa shape index (κ2) is 8.18. The number of hydrogen-bond donors (Lipinski definition) is 1. The summed E-state index contributed by atoms with van der Waals surface area (Å²) in [5.41, 5.74) is 1.76. The van der Waals surface area contributed by atoms with Gasteiger partial charge in [-0.3, -0.25) is 0 Å². The molecule has 9 heteroatoms. The first-order chi connectivity index (χ1) is 14.4. The first-order valence-electron chi connectivity index (χ1n) is 8.83. The highest BCUT2D eigenvalue weighted by atomic mass is 35.5. The van der Waals surface area contributed by atoms with E-state index in [1.165, 1.54) is 13.2 Å². The van der Waals surface area contributed by atoms with Crippen LogP contribution in [0.4, 0.5) is 5.69 Å². The van der Waals surface area contributed by atoms with E-state index in [1.54, 1.807) is 42.5 Å². The van der Waals surface area contributed by atoms with E-state index >= 15 is 0 Å². The van der Waals surface area contributed by atoms with Crippen LogP contribution in [0.15, 0.2) is 70.0 Å². The van der Waals surface area contributed by atoms with Gasteiger partial charge >= 0.3 is 0 Å². The molecule has 3 aromatic carbocycles. The highest BCUT2D eigenvalue weighted by molar-refractivity contribution is 7.90. The number of amidine groups is 1. The summed E-state index contributed by atoms with van der Waals surface area (Å²) < 4.78 is 40.2. The van der Waals surface area contributed by atoms with E-state index in [2.05, 4.69) is 9.71 Å². The molecule has 0 fully saturated rings. The lowest BCUT2D eigenvalue weighted by atomic mass is 10.1. The van der Waals surface area contributed by atoms with Crippen molar-refractivity contribution in [1.29, 1.82) is 0 Å². The highest BCUT2D eigenvalue weighted by Gasteiger charge is 2.26. The van der Waals surface area contributed by atoms with Crippen molar-refractivity contribution in [2.24, 2.45) is 4.40 Å². The van der Waals surface area contributed by atoms with Crippen molar-refractivity contribution in [2.45, 2.75) is 11.5 Å². The van der Waals surface area contributed by atoms with Crippen molar-refractivity contribution in [3.63, 3.8) is 0 Å². The number of methoxy groups -OCH3 is 1. The lowest BCUT2D eigenvalue weighted by Gasteiger charge is -2.20. The van der Waals surface area contributed by atoms with Gasteiger partial charge in [0, 0.05) is 10.6 Å². The van der Waals surface area contributed by atoms with E-state index in [1.807, 2.05) is 12.1 Å². The predicted molar refractivity (Wildman–Crippen MR) is 118 cm³/mol. The van der Waals surface area contributed by atoms with Crippen LogP contribution in [0.1, 0.15) is 11.1 Å². The zero-order valence-corrected chi connectivity index (χ0v) is 18.1. The predicted octanol–water partition coefficient (Wildman–Crippen LogP) is 5.14. The molecule has 1 N–H and O–H groups in total. The Balaban J connectivity index is 1.67. The van der Waals surface area contributed by atoms with Crippen molar-refractivity contribution in [3.05, 3.63) is 81.8 Å². The monoisotopic (exact) mass is 462 g/mol. The van der Waals surface area contributed by atoms with Crippen molar-refractivity contribution < 1.29 is 17.9 Å². The quantitative estimate of drug-likeness (QED) is 0.567.